The molecule has 0 bridgehead atoms. The van der Waals surface area contributed by atoms with E-state index in [4.69, 9.17) is 11.6 Å². The lowest BCUT2D eigenvalue weighted by atomic mass is 10.1. The topological polar surface area (TPSA) is 24.9 Å². The summed E-state index contributed by atoms with van der Waals surface area (Å²) < 4.78 is 13.4. The minimum atomic E-state index is -0.392. The first kappa shape index (κ1) is 12.2. The average molecular weight is 231 g/mol. The van der Waals surface area contributed by atoms with Gasteiger partial charge in [0.05, 0.1) is 5.02 Å². The van der Waals surface area contributed by atoms with Crippen molar-refractivity contribution in [2.75, 3.05) is 5.32 Å². The molecule has 0 radical (unpaired) electrons. The Morgan fingerprint density at radius 1 is 1.53 bits per heavy atom. The van der Waals surface area contributed by atoms with Crippen LogP contribution < -0.4 is 5.32 Å². The van der Waals surface area contributed by atoms with E-state index >= 15 is 0 Å². The van der Waals surface area contributed by atoms with Gasteiger partial charge in [-0.15, -0.1) is 0 Å². The number of anilines is 1. The number of aromatic nitrogens is 1. The summed E-state index contributed by atoms with van der Waals surface area (Å²) in [4.78, 5) is 3.93. The van der Waals surface area contributed by atoms with Gasteiger partial charge in [-0.25, -0.2) is 9.37 Å². The van der Waals surface area contributed by atoms with Gasteiger partial charge in [-0.1, -0.05) is 31.9 Å². The van der Waals surface area contributed by atoms with Crippen molar-refractivity contribution in [1.29, 1.82) is 0 Å². The van der Waals surface area contributed by atoms with Crippen molar-refractivity contribution in [2.45, 2.75) is 39.2 Å². The maximum absolute atomic E-state index is 13.4. The Morgan fingerprint density at radius 2 is 2.27 bits per heavy atom. The Labute approximate surface area is 94.9 Å². The molecule has 1 rings (SSSR count). The molecule has 0 saturated heterocycles. The molecular weight excluding hydrogens is 215 g/mol. The van der Waals surface area contributed by atoms with Gasteiger partial charge in [-0.2, -0.15) is 0 Å². The van der Waals surface area contributed by atoms with E-state index in [1.165, 1.54) is 12.3 Å². The Bertz CT molecular complexity index is 317. The summed E-state index contributed by atoms with van der Waals surface area (Å²) in [6.45, 7) is 4.18. The van der Waals surface area contributed by atoms with Crippen molar-refractivity contribution < 1.29 is 4.39 Å². The van der Waals surface area contributed by atoms with E-state index in [2.05, 4.69) is 24.1 Å². The van der Waals surface area contributed by atoms with E-state index in [1.54, 1.807) is 0 Å². The zero-order chi connectivity index (χ0) is 11.3. The molecule has 0 amide bonds. The first-order valence-electron chi connectivity index (χ1n) is 5.25. The molecule has 2 nitrogen and oxygen atoms in total. The van der Waals surface area contributed by atoms with Crippen LogP contribution in [0.25, 0.3) is 0 Å². The molecule has 1 atom stereocenters. The number of halogens is 2. The Morgan fingerprint density at radius 3 is 2.80 bits per heavy atom. The molecule has 0 spiro atoms. The number of pyridine rings is 1. The van der Waals surface area contributed by atoms with Crippen molar-refractivity contribution in [1.82, 2.24) is 4.98 Å². The van der Waals surface area contributed by atoms with Gasteiger partial charge < -0.3 is 5.32 Å². The zero-order valence-electron chi connectivity index (χ0n) is 9.06. The van der Waals surface area contributed by atoms with E-state index in [9.17, 15) is 4.39 Å². The third-order valence-electron chi connectivity index (χ3n) is 2.28. The third-order valence-corrected chi connectivity index (χ3v) is 2.49. The minimum absolute atomic E-state index is 0.276. The van der Waals surface area contributed by atoms with Crippen molar-refractivity contribution in [3.63, 3.8) is 0 Å². The van der Waals surface area contributed by atoms with Crippen LogP contribution in [0.1, 0.15) is 33.1 Å². The van der Waals surface area contributed by atoms with E-state index in [1.807, 2.05) is 0 Å². The predicted molar refractivity (Wildman–Crippen MR) is 61.8 cm³/mol. The van der Waals surface area contributed by atoms with Gasteiger partial charge in [0.1, 0.15) is 0 Å². The highest BCUT2D eigenvalue weighted by molar-refractivity contribution is 6.30. The lowest BCUT2D eigenvalue weighted by molar-refractivity contribution is 0.593. The van der Waals surface area contributed by atoms with Crippen LogP contribution in [-0.4, -0.2) is 11.0 Å². The molecule has 4 heteroatoms. The molecule has 84 valence electrons. The number of nitrogens with one attached hydrogen (secondary N) is 1. The van der Waals surface area contributed by atoms with Gasteiger partial charge in [0.2, 0.25) is 0 Å². The van der Waals surface area contributed by atoms with Crippen LogP contribution in [0, 0.1) is 5.82 Å². The maximum atomic E-state index is 13.4. The van der Waals surface area contributed by atoms with Crippen LogP contribution in [0.3, 0.4) is 0 Å². The Kier molecular flexibility index (Phi) is 4.82. The standard InChI is InChI=1S/C11H16ClFN2/c1-3-5-9(4-2)15-11-10(13)6-8(12)7-14-11/h6-7,9H,3-5H2,1-2H3,(H,14,15). The lowest BCUT2D eigenvalue weighted by Crippen LogP contribution is -2.19. The quantitative estimate of drug-likeness (QED) is 0.831. The van der Waals surface area contributed by atoms with Crippen LogP contribution in [0.2, 0.25) is 5.02 Å². The van der Waals surface area contributed by atoms with Gasteiger partial charge in [0.15, 0.2) is 11.6 Å². The van der Waals surface area contributed by atoms with Gasteiger partial charge in [-0.3, -0.25) is 0 Å². The fourth-order valence-electron chi connectivity index (χ4n) is 1.44. The fourth-order valence-corrected chi connectivity index (χ4v) is 1.59. The van der Waals surface area contributed by atoms with Crippen LogP contribution in [0.15, 0.2) is 12.3 Å². The second-order valence-corrected chi connectivity index (χ2v) is 3.96. The second kappa shape index (κ2) is 5.91. The molecule has 0 aliphatic carbocycles. The lowest BCUT2D eigenvalue weighted by Gasteiger charge is -2.16. The molecule has 0 aromatic carbocycles. The molecule has 0 aliphatic rings. The van der Waals surface area contributed by atoms with Crippen LogP contribution in [0.4, 0.5) is 10.2 Å². The molecule has 1 unspecified atom stereocenters. The van der Waals surface area contributed by atoms with E-state index in [0.29, 0.717) is 10.8 Å². The molecule has 15 heavy (non-hydrogen) atoms. The summed E-state index contributed by atoms with van der Waals surface area (Å²) >= 11 is 5.62. The number of rotatable bonds is 5. The summed E-state index contributed by atoms with van der Waals surface area (Å²) in [6, 6.07) is 1.55. The highest BCUT2D eigenvalue weighted by Gasteiger charge is 2.09. The predicted octanol–water partition coefficient (Wildman–Crippen LogP) is 3.86. The van der Waals surface area contributed by atoms with E-state index in [0.717, 1.165) is 19.3 Å². The van der Waals surface area contributed by atoms with Crippen LogP contribution >= 0.6 is 11.6 Å². The fraction of sp³-hybridized carbons (Fsp3) is 0.545. The summed E-state index contributed by atoms with van der Waals surface area (Å²) in [6.07, 6.45) is 4.49. The molecule has 0 aliphatic heterocycles. The van der Waals surface area contributed by atoms with Gasteiger partial charge >= 0.3 is 0 Å². The first-order chi connectivity index (χ1) is 7.17. The molecule has 1 aromatic heterocycles. The van der Waals surface area contributed by atoms with Gasteiger partial charge in [0, 0.05) is 12.2 Å². The first-order valence-corrected chi connectivity index (χ1v) is 5.62. The molecule has 0 saturated carbocycles. The molecule has 1 aromatic rings. The van der Waals surface area contributed by atoms with E-state index in [-0.39, 0.29) is 6.04 Å². The second-order valence-electron chi connectivity index (χ2n) is 3.52. The minimum Gasteiger partial charge on any atom is -0.365 e. The summed E-state index contributed by atoms with van der Waals surface area (Å²) in [5.74, 6) is -0.100. The van der Waals surface area contributed by atoms with Crippen molar-refractivity contribution in [3.05, 3.63) is 23.1 Å². The van der Waals surface area contributed by atoms with Gasteiger partial charge in [0.25, 0.3) is 0 Å². The monoisotopic (exact) mass is 230 g/mol. The largest absolute Gasteiger partial charge is 0.365 e. The van der Waals surface area contributed by atoms with Gasteiger partial charge in [-0.05, 0) is 18.9 Å². The molecule has 0 fully saturated rings. The molecule has 1 N–H and O–H groups in total. The molecular formula is C11H16ClFN2. The number of hydrogen-bond acceptors (Lipinski definition) is 2. The highest BCUT2D eigenvalue weighted by atomic mass is 35.5. The number of hydrogen-bond donors (Lipinski definition) is 1. The van der Waals surface area contributed by atoms with Crippen molar-refractivity contribution in [3.8, 4) is 0 Å². The Hall–Kier alpha value is -0.830. The van der Waals surface area contributed by atoms with Crippen molar-refractivity contribution >= 4 is 17.4 Å². The summed E-state index contributed by atoms with van der Waals surface area (Å²) in [7, 11) is 0. The van der Waals surface area contributed by atoms with Crippen LogP contribution in [-0.2, 0) is 0 Å². The highest BCUT2D eigenvalue weighted by Crippen LogP contribution is 2.17. The van der Waals surface area contributed by atoms with Crippen LogP contribution in [0.5, 0.6) is 0 Å². The Balaban J connectivity index is 2.70. The third kappa shape index (κ3) is 3.67. The summed E-state index contributed by atoms with van der Waals surface area (Å²) in [5, 5.41) is 3.40. The summed E-state index contributed by atoms with van der Waals surface area (Å²) in [5.41, 5.74) is 0. The van der Waals surface area contributed by atoms with E-state index < -0.39 is 5.82 Å². The maximum Gasteiger partial charge on any atom is 0.166 e. The number of nitrogens with zero attached hydrogens (tertiary/aromatic N) is 1. The smallest absolute Gasteiger partial charge is 0.166 e. The SMILES string of the molecule is CCCC(CC)Nc1ncc(Cl)cc1F. The normalized spacial score (nSPS) is 12.5. The van der Waals surface area contributed by atoms with Crippen molar-refractivity contribution in [2.24, 2.45) is 0 Å². The molecule has 1 heterocycles. The average Bonchev–Trinajstić information content (AvgIpc) is 2.21. The zero-order valence-corrected chi connectivity index (χ0v) is 9.81.